The molecule has 2 unspecified atom stereocenters. The summed E-state index contributed by atoms with van der Waals surface area (Å²) in [6.45, 7) is 4.12. The van der Waals surface area contributed by atoms with E-state index in [-0.39, 0.29) is 26.1 Å². The average molecular weight is 1390 g/mol. The number of unbranched alkanes of at least 4 members (excludes halogenated alkanes) is 11. The minimum Gasteiger partial charge on any atom is -0.462 e. The van der Waals surface area contributed by atoms with E-state index in [1.165, 1.54) is 12.8 Å². The van der Waals surface area contributed by atoms with E-state index in [4.69, 9.17) is 18.5 Å². The molecular weight excluding hydrogens is 1250 g/mol. The Morgan fingerprint density at radius 2 is 0.540 bits per heavy atom. The van der Waals surface area contributed by atoms with Crippen molar-refractivity contribution in [1.29, 1.82) is 0 Å². The molecule has 0 amide bonds. The van der Waals surface area contributed by atoms with E-state index in [9.17, 15) is 19.0 Å². The molecule has 0 aromatic heterocycles. The molecule has 0 aliphatic rings. The van der Waals surface area contributed by atoms with Gasteiger partial charge in [0.2, 0.25) is 0 Å². The maximum Gasteiger partial charge on any atom is 0.472 e. The zero-order chi connectivity index (χ0) is 72.5. The molecular formula is C90H139NO8P+. The fourth-order valence-corrected chi connectivity index (χ4v) is 10.0. The fraction of sp³-hybridized carbons (Fsp3) is 0.511. The lowest BCUT2D eigenvalue weighted by molar-refractivity contribution is -0.870. The lowest BCUT2D eigenvalue weighted by Crippen LogP contribution is -2.37. The third-order valence-electron chi connectivity index (χ3n) is 15.1. The summed E-state index contributed by atoms with van der Waals surface area (Å²) in [6, 6.07) is 0. The van der Waals surface area contributed by atoms with Gasteiger partial charge in [-0.25, -0.2) is 4.57 Å². The van der Waals surface area contributed by atoms with Gasteiger partial charge in [-0.1, -0.05) is 314 Å². The van der Waals surface area contributed by atoms with Gasteiger partial charge in [0.05, 0.1) is 27.7 Å². The van der Waals surface area contributed by atoms with Crippen LogP contribution in [0.2, 0.25) is 0 Å². The number of carbonyl (C=O) groups excluding carboxylic acids is 2. The van der Waals surface area contributed by atoms with Gasteiger partial charge in [-0.3, -0.25) is 18.6 Å². The van der Waals surface area contributed by atoms with E-state index >= 15 is 0 Å². The minimum absolute atomic E-state index is 0.0103. The maximum absolute atomic E-state index is 12.9. The number of likely N-dealkylation sites (N-methyl/N-ethyl adjacent to an activating group) is 1. The first-order chi connectivity index (χ1) is 49.0. The number of phosphoric acid groups is 1. The Hall–Kier alpha value is -6.45. The van der Waals surface area contributed by atoms with Gasteiger partial charge in [0, 0.05) is 12.8 Å². The summed E-state index contributed by atoms with van der Waals surface area (Å²) >= 11 is 0. The molecule has 0 bridgehead atoms. The van der Waals surface area contributed by atoms with Crippen molar-refractivity contribution in [3.63, 3.8) is 0 Å². The van der Waals surface area contributed by atoms with Crippen LogP contribution in [0.4, 0.5) is 0 Å². The van der Waals surface area contributed by atoms with E-state index in [0.717, 1.165) is 193 Å². The molecule has 9 nitrogen and oxygen atoms in total. The number of ether oxygens (including phenoxy) is 2. The molecule has 2 atom stereocenters. The van der Waals surface area contributed by atoms with Gasteiger partial charge >= 0.3 is 19.8 Å². The summed E-state index contributed by atoms with van der Waals surface area (Å²) < 4.78 is 34.7. The average Bonchev–Trinajstić information content (AvgIpc) is 1.30. The molecule has 0 saturated heterocycles. The summed E-state index contributed by atoms with van der Waals surface area (Å²) in [5.41, 5.74) is 0. The Morgan fingerprint density at radius 1 is 0.310 bits per heavy atom. The van der Waals surface area contributed by atoms with Gasteiger partial charge in [0.15, 0.2) is 6.10 Å². The molecule has 10 heteroatoms. The molecule has 0 spiro atoms. The van der Waals surface area contributed by atoms with Crippen molar-refractivity contribution in [1.82, 2.24) is 0 Å². The van der Waals surface area contributed by atoms with Crippen LogP contribution in [0.1, 0.15) is 245 Å². The predicted molar refractivity (Wildman–Crippen MR) is 435 cm³/mol. The Kier molecular flexibility index (Phi) is 71.8. The van der Waals surface area contributed by atoms with Crippen LogP contribution in [0.15, 0.2) is 255 Å². The predicted octanol–water partition coefficient (Wildman–Crippen LogP) is 26.0. The number of carbonyl (C=O) groups is 2. The Labute approximate surface area is 612 Å². The highest BCUT2D eigenvalue weighted by atomic mass is 31.2. The van der Waals surface area contributed by atoms with Crippen LogP contribution < -0.4 is 0 Å². The zero-order valence-electron chi connectivity index (χ0n) is 63.3. The maximum atomic E-state index is 12.9. The number of nitrogens with zero attached hydrogens (tertiary/aromatic N) is 1. The summed E-state index contributed by atoms with van der Waals surface area (Å²) in [5.74, 6) is -0.860. The van der Waals surface area contributed by atoms with E-state index in [1.54, 1.807) is 0 Å². The van der Waals surface area contributed by atoms with Crippen LogP contribution in [0.5, 0.6) is 0 Å². The van der Waals surface area contributed by atoms with Crippen molar-refractivity contribution in [2.45, 2.75) is 251 Å². The van der Waals surface area contributed by atoms with Crippen molar-refractivity contribution in [2.75, 3.05) is 47.5 Å². The van der Waals surface area contributed by atoms with E-state index in [2.05, 4.69) is 269 Å². The third-order valence-corrected chi connectivity index (χ3v) is 16.0. The first-order valence-corrected chi connectivity index (χ1v) is 39.9. The van der Waals surface area contributed by atoms with E-state index in [0.29, 0.717) is 23.9 Å². The molecule has 0 saturated carbocycles. The molecule has 0 heterocycles. The topological polar surface area (TPSA) is 108 Å². The van der Waals surface area contributed by atoms with Crippen LogP contribution >= 0.6 is 7.82 Å². The van der Waals surface area contributed by atoms with Gasteiger partial charge < -0.3 is 18.9 Å². The number of rotatable bonds is 67. The summed E-state index contributed by atoms with van der Waals surface area (Å²) in [6.07, 6.45) is 127. The van der Waals surface area contributed by atoms with Crippen molar-refractivity contribution in [2.24, 2.45) is 0 Å². The summed E-state index contributed by atoms with van der Waals surface area (Å²) in [5, 5.41) is 0. The van der Waals surface area contributed by atoms with Gasteiger partial charge in [0.1, 0.15) is 19.8 Å². The van der Waals surface area contributed by atoms with Gasteiger partial charge in [0.25, 0.3) is 0 Å². The molecule has 0 fully saturated rings. The SMILES string of the molecule is CC/C=C\C/C=C\C/C=C\C/C=C\C/C=C\C/C=C\C/C=C\C/C=C\C/C=C\C/C=C\C/C=C\CCCCCCCCCC(=O)OC(COC(=O)CCCCCC/C=C\C/C=C\C/C=C\C/C=C\C/C=C\C/C=C\C/C=C\C/C=C\C/C=C\C/C=C\CC)COP(=O)(O)OCC[N+](C)(C)C. The van der Waals surface area contributed by atoms with Crippen molar-refractivity contribution in [3.8, 4) is 0 Å². The van der Waals surface area contributed by atoms with Crippen LogP contribution in [-0.4, -0.2) is 74.9 Å². The van der Waals surface area contributed by atoms with Crippen LogP contribution in [0.25, 0.3) is 0 Å². The second-order valence-corrected chi connectivity index (χ2v) is 27.0. The molecule has 0 aliphatic carbocycles. The lowest BCUT2D eigenvalue weighted by atomic mass is 10.1. The Bertz CT molecular complexity index is 2650. The smallest absolute Gasteiger partial charge is 0.462 e. The van der Waals surface area contributed by atoms with Gasteiger partial charge in [-0.05, 0) is 173 Å². The van der Waals surface area contributed by atoms with Crippen LogP contribution in [0, 0.1) is 0 Å². The Balaban J connectivity index is 4.21. The Morgan fingerprint density at radius 3 is 0.800 bits per heavy atom. The van der Waals surface area contributed by atoms with Gasteiger partial charge in [-0.15, -0.1) is 0 Å². The van der Waals surface area contributed by atoms with Gasteiger partial charge in [-0.2, -0.15) is 0 Å². The number of hydrogen-bond acceptors (Lipinski definition) is 7. The second kappa shape index (κ2) is 76.7. The first-order valence-electron chi connectivity index (χ1n) is 38.4. The molecule has 1 N–H and O–H groups in total. The fourth-order valence-electron chi connectivity index (χ4n) is 9.28. The monoisotopic (exact) mass is 1390 g/mol. The van der Waals surface area contributed by atoms with E-state index in [1.807, 2.05) is 21.1 Å². The number of hydrogen-bond donors (Lipinski definition) is 1. The molecule has 0 rings (SSSR count). The third kappa shape index (κ3) is 80.5. The minimum atomic E-state index is -4.42. The molecule has 0 radical (unpaired) electrons. The molecule has 100 heavy (non-hydrogen) atoms. The lowest BCUT2D eigenvalue weighted by Gasteiger charge is -2.24. The highest BCUT2D eigenvalue weighted by molar-refractivity contribution is 7.47. The number of allylic oxidation sites excluding steroid dienone is 42. The highest BCUT2D eigenvalue weighted by Crippen LogP contribution is 2.43. The highest BCUT2D eigenvalue weighted by Gasteiger charge is 2.27. The first kappa shape index (κ1) is 93.6. The van der Waals surface area contributed by atoms with Crippen molar-refractivity contribution >= 4 is 19.8 Å². The molecule has 0 aliphatic heterocycles. The molecule has 0 aromatic carbocycles. The standard InChI is InChI=1S/C90H138NO8P/c1-6-8-10-12-14-16-18-20-22-24-26-28-30-32-34-36-38-40-42-43-44-45-46-47-49-51-53-55-57-59-61-63-65-67-69-71-73-75-77-79-81-83-90(93)99-88(87-98-100(94,95)97-85-84-91(3,4)5)86-96-89(92)82-80-78-76-74-72-70-68-66-64-62-60-58-56-54-52-50-48-41-39-37-35-33-31-29-27-25-23-21-19-17-15-13-11-9-7-2/h8-11,14-17,20-23,26-29,32-35,38-41,43-44,46-47,50-53,56-59,62-65,68,70,88H,6-7,12-13,18-19,24-25,30-31,36-37,42,45,48-49,54-55,60-61,66-67,69,71-87H2,1-5H3/p+1/b10-8-,11-9-,16-14-,17-15-,22-20-,23-21-,28-26-,29-27-,34-32-,35-33-,40-38-,41-39-,44-43-,47-46-,52-50-,53-51-,58-56-,59-57-,64-62-,65-63-,70-68-. The summed E-state index contributed by atoms with van der Waals surface area (Å²) in [7, 11) is 1.42. The van der Waals surface area contributed by atoms with Crippen LogP contribution in [-0.2, 0) is 32.7 Å². The summed E-state index contributed by atoms with van der Waals surface area (Å²) in [4.78, 5) is 35.9. The number of esters is 2. The molecule has 0 aromatic rings. The quantitative estimate of drug-likeness (QED) is 0.0211. The normalized spacial score (nSPS) is 14.5. The largest absolute Gasteiger partial charge is 0.472 e. The van der Waals surface area contributed by atoms with Crippen LogP contribution in [0.3, 0.4) is 0 Å². The van der Waals surface area contributed by atoms with Crippen molar-refractivity contribution in [3.05, 3.63) is 255 Å². The zero-order valence-corrected chi connectivity index (χ0v) is 64.2. The number of phosphoric ester groups is 1. The molecule has 556 valence electrons. The number of quaternary nitrogens is 1. The van der Waals surface area contributed by atoms with E-state index < -0.39 is 32.5 Å². The van der Waals surface area contributed by atoms with Crippen molar-refractivity contribution < 1.29 is 42.1 Å². The second-order valence-electron chi connectivity index (χ2n) is 25.6.